The fourth-order valence-corrected chi connectivity index (χ4v) is 1.38. The molecule has 0 aliphatic heterocycles. The van der Waals surface area contributed by atoms with Crippen molar-refractivity contribution in [3.05, 3.63) is 43.2 Å². The van der Waals surface area contributed by atoms with Crippen molar-refractivity contribution in [2.24, 2.45) is 0 Å². The molecule has 2 aromatic heterocycles. The van der Waals surface area contributed by atoms with Crippen LogP contribution in [0.1, 0.15) is 6.42 Å². The standard InChI is InChI=1S/C11H14N4/c1(8-15-9-7-13-10-15)4-14-11-2-5-12-6-3-11/h2-3,5-7,9-10H,1,4,8H2,(H,12,14). The number of nitrogens with one attached hydrogen (secondary N) is 1. The van der Waals surface area contributed by atoms with E-state index in [0.717, 1.165) is 25.2 Å². The van der Waals surface area contributed by atoms with E-state index in [0.29, 0.717) is 0 Å². The van der Waals surface area contributed by atoms with Crippen molar-refractivity contribution in [2.75, 3.05) is 11.9 Å². The second kappa shape index (κ2) is 5.14. The first-order chi connectivity index (χ1) is 7.45. The van der Waals surface area contributed by atoms with E-state index in [9.17, 15) is 0 Å². The Bertz CT molecular complexity index is 369. The molecule has 78 valence electrons. The molecular formula is C11H14N4. The molecule has 0 unspecified atom stereocenters. The molecule has 2 heterocycles. The maximum atomic E-state index is 3.99. The molecule has 0 atom stereocenters. The molecule has 0 saturated heterocycles. The van der Waals surface area contributed by atoms with E-state index >= 15 is 0 Å². The highest BCUT2D eigenvalue weighted by Crippen LogP contribution is 2.02. The highest BCUT2D eigenvalue weighted by atomic mass is 15.0. The Hall–Kier alpha value is -1.84. The Morgan fingerprint density at radius 1 is 1.13 bits per heavy atom. The van der Waals surface area contributed by atoms with Crippen LogP contribution in [0.25, 0.3) is 0 Å². The van der Waals surface area contributed by atoms with Gasteiger partial charge in [0.2, 0.25) is 0 Å². The number of rotatable bonds is 5. The smallest absolute Gasteiger partial charge is 0.0945 e. The minimum Gasteiger partial charge on any atom is -0.385 e. The van der Waals surface area contributed by atoms with Crippen LogP contribution in [-0.2, 0) is 6.54 Å². The molecule has 0 saturated carbocycles. The number of pyridine rings is 1. The number of hydrogen-bond acceptors (Lipinski definition) is 3. The summed E-state index contributed by atoms with van der Waals surface area (Å²) in [6.45, 7) is 1.96. The number of imidazole rings is 1. The second-order valence-electron chi connectivity index (χ2n) is 3.32. The summed E-state index contributed by atoms with van der Waals surface area (Å²) in [6, 6.07) is 3.94. The zero-order valence-corrected chi connectivity index (χ0v) is 8.50. The van der Waals surface area contributed by atoms with Gasteiger partial charge in [-0.1, -0.05) is 0 Å². The lowest BCUT2D eigenvalue weighted by Gasteiger charge is -2.05. The fraction of sp³-hybridized carbons (Fsp3) is 0.273. The minimum absolute atomic E-state index is 0.961. The summed E-state index contributed by atoms with van der Waals surface area (Å²) >= 11 is 0. The van der Waals surface area contributed by atoms with Crippen molar-refractivity contribution >= 4 is 5.69 Å². The van der Waals surface area contributed by atoms with E-state index < -0.39 is 0 Å². The Balaban J connectivity index is 1.68. The van der Waals surface area contributed by atoms with Crippen molar-refractivity contribution in [3.8, 4) is 0 Å². The molecule has 2 aromatic rings. The lowest BCUT2D eigenvalue weighted by molar-refractivity contribution is 0.661. The van der Waals surface area contributed by atoms with Crippen molar-refractivity contribution in [2.45, 2.75) is 13.0 Å². The summed E-state index contributed by atoms with van der Waals surface area (Å²) in [5.74, 6) is 0. The van der Waals surface area contributed by atoms with Crippen LogP contribution in [0.4, 0.5) is 5.69 Å². The molecule has 0 radical (unpaired) electrons. The molecule has 0 aliphatic carbocycles. The molecule has 0 bridgehead atoms. The highest BCUT2D eigenvalue weighted by molar-refractivity contribution is 5.40. The SMILES string of the molecule is c1cc(NCCCn2ccnc2)ccn1. The van der Waals surface area contributed by atoms with Gasteiger partial charge in [0, 0.05) is 43.6 Å². The van der Waals surface area contributed by atoms with E-state index in [2.05, 4.69) is 19.9 Å². The molecule has 0 amide bonds. The van der Waals surface area contributed by atoms with Gasteiger partial charge in [-0.2, -0.15) is 0 Å². The maximum Gasteiger partial charge on any atom is 0.0945 e. The molecule has 0 aliphatic rings. The third kappa shape index (κ3) is 3.09. The van der Waals surface area contributed by atoms with Crippen molar-refractivity contribution in [3.63, 3.8) is 0 Å². The predicted octanol–water partition coefficient (Wildman–Crippen LogP) is 1.78. The molecule has 4 heteroatoms. The number of aromatic nitrogens is 3. The van der Waals surface area contributed by atoms with Crippen LogP contribution in [0.2, 0.25) is 0 Å². The van der Waals surface area contributed by atoms with Crippen LogP contribution < -0.4 is 5.32 Å². The lowest BCUT2D eigenvalue weighted by Crippen LogP contribution is -2.05. The highest BCUT2D eigenvalue weighted by Gasteiger charge is 1.91. The zero-order chi connectivity index (χ0) is 10.3. The quantitative estimate of drug-likeness (QED) is 0.751. The lowest BCUT2D eigenvalue weighted by atomic mass is 10.3. The number of hydrogen-bond donors (Lipinski definition) is 1. The van der Waals surface area contributed by atoms with Crippen LogP contribution in [-0.4, -0.2) is 21.1 Å². The Morgan fingerprint density at radius 2 is 2.00 bits per heavy atom. The Kier molecular flexibility index (Phi) is 3.33. The molecule has 4 nitrogen and oxygen atoms in total. The van der Waals surface area contributed by atoms with Gasteiger partial charge in [-0.05, 0) is 18.6 Å². The number of aryl methyl sites for hydroxylation is 1. The van der Waals surface area contributed by atoms with Crippen LogP contribution in [0, 0.1) is 0 Å². The molecule has 2 rings (SSSR count). The second-order valence-corrected chi connectivity index (χ2v) is 3.32. The fourth-order valence-electron chi connectivity index (χ4n) is 1.38. The first-order valence-corrected chi connectivity index (χ1v) is 5.05. The summed E-state index contributed by atoms with van der Waals surface area (Å²) in [7, 11) is 0. The normalized spacial score (nSPS) is 10.1. The molecule has 15 heavy (non-hydrogen) atoms. The average Bonchev–Trinajstić information content (AvgIpc) is 2.79. The van der Waals surface area contributed by atoms with E-state index in [1.165, 1.54) is 0 Å². The van der Waals surface area contributed by atoms with Gasteiger partial charge in [0.05, 0.1) is 6.33 Å². The Labute approximate surface area is 89.0 Å². The van der Waals surface area contributed by atoms with Crippen molar-refractivity contribution < 1.29 is 0 Å². The van der Waals surface area contributed by atoms with Crippen molar-refractivity contribution in [1.29, 1.82) is 0 Å². The summed E-state index contributed by atoms with van der Waals surface area (Å²) in [6.07, 6.45) is 10.3. The number of nitrogens with zero attached hydrogens (tertiary/aromatic N) is 3. The monoisotopic (exact) mass is 202 g/mol. The summed E-state index contributed by atoms with van der Waals surface area (Å²) in [5.41, 5.74) is 1.12. The largest absolute Gasteiger partial charge is 0.385 e. The minimum atomic E-state index is 0.961. The van der Waals surface area contributed by atoms with Gasteiger partial charge in [0.25, 0.3) is 0 Å². The first kappa shape index (κ1) is 9.71. The van der Waals surface area contributed by atoms with Gasteiger partial charge < -0.3 is 9.88 Å². The third-order valence-corrected chi connectivity index (χ3v) is 2.16. The predicted molar refractivity (Wildman–Crippen MR) is 59.6 cm³/mol. The Morgan fingerprint density at radius 3 is 2.73 bits per heavy atom. The van der Waals surface area contributed by atoms with E-state index in [1.54, 1.807) is 18.6 Å². The van der Waals surface area contributed by atoms with Crippen LogP contribution >= 0.6 is 0 Å². The molecule has 0 fully saturated rings. The van der Waals surface area contributed by atoms with Gasteiger partial charge in [-0.15, -0.1) is 0 Å². The summed E-state index contributed by atoms with van der Waals surface area (Å²) < 4.78 is 2.08. The van der Waals surface area contributed by atoms with Gasteiger partial charge in [0.15, 0.2) is 0 Å². The van der Waals surface area contributed by atoms with Gasteiger partial charge in [-0.3, -0.25) is 4.98 Å². The van der Waals surface area contributed by atoms with Crippen molar-refractivity contribution in [1.82, 2.24) is 14.5 Å². The number of anilines is 1. The van der Waals surface area contributed by atoms with Gasteiger partial charge in [0.1, 0.15) is 0 Å². The molecular weight excluding hydrogens is 188 g/mol. The van der Waals surface area contributed by atoms with Crippen LogP contribution in [0.5, 0.6) is 0 Å². The molecule has 1 N–H and O–H groups in total. The van der Waals surface area contributed by atoms with E-state index in [-0.39, 0.29) is 0 Å². The van der Waals surface area contributed by atoms with Crippen LogP contribution in [0.3, 0.4) is 0 Å². The first-order valence-electron chi connectivity index (χ1n) is 5.05. The average molecular weight is 202 g/mol. The topological polar surface area (TPSA) is 42.7 Å². The molecule has 0 aromatic carbocycles. The zero-order valence-electron chi connectivity index (χ0n) is 8.50. The molecule has 0 spiro atoms. The van der Waals surface area contributed by atoms with E-state index in [4.69, 9.17) is 0 Å². The van der Waals surface area contributed by atoms with Crippen LogP contribution in [0.15, 0.2) is 43.2 Å². The van der Waals surface area contributed by atoms with E-state index in [1.807, 2.05) is 24.7 Å². The third-order valence-electron chi connectivity index (χ3n) is 2.16. The maximum absolute atomic E-state index is 3.99. The van der Waals surface area contributed by atoms with Gasteiger partial charge >= 0.3 is 0 Å². The summed E-state index contributed by atoms with van der Waals surface area (Å²) in [4.78, 5) is 7.96. The van der Waals surface area contributed by atoms with Gasteiger partial charge in [-0.25, -0.2) is 4.98 Å². The summed E-state index contributed by atoms with van der Waals surface area (Å²) in [5, 5.41) is 3.33.